The van der Waals surface area contributed by atoms with Crippen LogP contribution < -0.4 is 10.3 Å². The van der Waals surface area contributed by atoms with E-state index in [9.17, 15) is 9.59 Å². The number of aryl methyl sites for hydroxylation is 1. The van der Waals surface area contributed by atoms with Crippen molar-refractivity contribution >= 4 is 12.7 Å². The first-order valence-corrected chi connectivity index (χ1v) is 11.4. The van der Waals surface area contributed by atoms with Crippen LogP contribution in [0.2, 0.25) is 0 Å². The van der Waals surface area contributed by atoms with Crippen LogP contribution in [0.1, 0.15) is 78.5 Å². The average molecular weight is 454 g/mol. The van der Waals surface area contributed by atoms with Gasteiger partial charge >= 0.3 is 0 Å². The molecule has 0 aliphatic rings. The average Bonchev–Trinajstić information content (AvgIpc) is 2.80. The molecule has 182 valence electrons. The third-order valence-corrected chi connectivity index (χ3v) is 4.22. The van der Waals surface area contributed by atoms with Crippen molar-refractivity contribution in [3.05, 3.63) is 89.5 Å². The summed E-state index contributed by atoms with van der Waals surface area (Å²) in [7, 11) is 0. The van der Waals surface area contributed by atoms with Crippen molar-refractivity contribution in [3.63, 3.8) is 0 Å². The van der Waals surface area contributed by atoms with Gasteiger partial charge in [0.2, 0.25) is 6.41 Å². The van der Waals surface area contributed by atoms with Crippen LogP contribution in [0.4, 0.5) is 0 Å². The molecule has 0 bridgehead atoms. The Labute approximate surface area is 201 Å². The monoisotopic (exact) mass is 453 g/mol. The van der Waals surface area contributed by atoms with Crippen LogP contribution >= 0.6 is 0 Å². The Hall–Kier alpha value is -3.14. The topological polar surface area (TPSA) is 55.4 Å². The number of hydrogen-bond donors (Lipinski definition) is 1. The molecule has 0 saturated carbocycles. The first-order valence-electron chi connectivity index (χ1n) is 11.4. The second-order valence-electron chi connectivity index (χ2n) is 8.11. The molecule has 0 unspecified atom stereocenters. The minimum Gasteiger partial charge on any atom is -0.380 e. The molecule has 0 aliphatic heterocycles. The predicted octanol–water partition coefficient (Wildman–Crippen LogP) is 7.37. The summed E-state index contributed by atoms with van der Waals surface area (Å²) in [6, 6.07) is 16.6. The minimum atomic E-state index is -0.0820. The van der Waals surface area contributed by atoms with Crippen LogP contribution in [0.3, 0.4) is 0 Å². The summed E-state index contributed by atoms with van der Waals surface area (Å²) < 4.78 is 0. The molecule has 4 nitrogen and oxygen atoms in total. The lowest BCUT2D eigenvalue weighted by atomic mass is 9.78. The van der Waals surface area contributed by atoms with Gasteiger partial charge in [-0.15, -0.1) is 6.58 Å². The van der Waals surface area contributed by atoms with E-state index in [1.54, 1.807) is 6.92 Å². The molecule has 0 fully saturated rings. The van der Waals surface area contributed by atoms with E-state index in [1.807, 2.05) is 52.0 Å². The van der Waals surface area contributed by atoms with Gasteiger partial charge < -0.3 is 4.84 Å². The van der Waals surface area contributed by atoms with Gasteiger partial charge in [-0.25, -0.2) is 0 Å². The number of rotatable bonds is 8. The van der Waals surface area contributed by atoms with Crippen molar-refractivity contribution in [2.45, 2.75) is 73.6 Å². The SMILES string of the molecule is C=C(C)C.C=C(C)C=O.CC.CCCc1ccc(C(C)(C)c2ccc(ONC=O)cc2)cc1. The fraction of sp³-hybridized carbons (Fsp3) is 0.379. The molecule has 1 N–H and O–H groups in total. The molecular formula is C29H43NO3. The van der Waals surface area contributed by atoms with Crippen molar-refractivity contribution < 1.29 is 14.4 Å². The zero-order chi connectivity index (χ0) is 25.9. The number of hydrogen-bond acceptors (Lipinski definition) is 3. The number of allylic oxidation sites excluding steroid dienone is 2. The maximum atomic E-state index is 10.2. The second-order valence-corrected chi connectivity index (χ2v) is 8.11. The molecule has 0 aliphatic carbocycles. The van der Waals surface area contributed by atoms with Gasteiger partial charge in [0.1, 0.15) is 6.29 Å². The summed E-state index contributed by atoms with van der Waals surface area (Å²) in [6.07, 6.45) is 3.52. The van der Waals surface area contributed by atoms with Gasteiger partial charge in [-0.05, 0) is 61.6 Å². The highest BCUT2D eigenvalue weighted by molar-refractivity contribution is 5.70. The van der Waals surface area contributed by atoms with Crippen molar-refractivity contribution in [2.75, 3.05) is 0 Å². The summed E-state index contributed by atoms with van der Waals surface area (Å²) in [5.41, 5.74) is 7.72. The molecule has 0 radical (unpaired) electrons. The largest absolute Gasteiger partial charge is 0.380 e. The van der Waals surface area contributed by atoms with E-state index in [0.717, 1.165) is 12.7 Å². The smallest absolute Gasteiger partial charge is 0.239 e. The predicted molar refractivity (Wildman–Crippen MR) is 142 cm³/mol. The summed E-state index contributed by atoms with van der Waals surface area (Å²) in [5.74, 6) is 0.616. The van der Waals surface area contributed by atoms with E-state index in [4.69, 9.17) is 4.84 Å². The van der Waals surface area contributed by atoms with Crippen molar-refractivity contribution in [3.8, 4) is 5.75 Å². The van der Waals surface area contributed by atoms with Crippen LogP contribution in [-0.2, 0) is 21.4 Å². The van der Waals surface area contributed by atoms with Crippen molar-refractivity contribution in [2.24, 2.45) is 0 Å². The maximum absolute atomic E-state index is 10.2. The Morgan fingerprint density at radius 1 is 0.909 bits per heavy atom. The van der Waals surface area contributed by atoms with Gasteiger partial charge in [0.05, 0.1) is 0 Å². The Morgan fingerprint density at radius 2 is 1.30 bits per heavy atom. The molecule has 2 aromatic rings. The third kappa shape index (κ3) is 14.5. The highest BCUT2D eigenvalue weighted by Gasteiger charge is 2.22. The third-order valence-electron chi connectivity index (χ3n) is 4.22. The van der Waals surface area contributed by atoms with E-state index in [-0.39, 0.29) is 5.41 Å². The van der Waals surface area contributed by atoms with E-state index >= 15 is 0 Å². The summed E-state index contributed by atoms with van der Waals surface area (Å²) in [4.78, 5) is 24.7. The number of carbonyl (C=O) groups excluding carboxylic acids is 2. The lowest BCUT2D eigenvalue weighted by Gasteiger charge is -2.26. The van der Waals surface area contributed by atoms with Crippen LogP contribution in [-0.4, -0.2) is 12.7 Å². The van der Waals surface area contributed by atoms with E-state index in [2.05, 4.69) is 63.7 Å². The van der Waals surface area contributed by atoms with Gasteiger partial charge in [0, 0.05) is 5.41 Å². The van der Waals surface area contributed by atoms with Crippen LogP contribution in [0.25, 0.3) is 0 Å². The first kappa shape index (κ1) is 32.0. The molecule has 33 heavy (non-hydrogen) atoms. The molecule has 4 heteroatoms. The molecule has 1 amide bonds. The molecule has 0 heterocycles. The lowest BCUT2D eigenvalue weighted by molar-refractivity contribution is -0.115. The number of aldehydes is 1. The fourth-order valence-corrected chi connectivity index (χ4v) is 2.58. The van der Waals surface area contributed by atoms with Gasteiger partial charge in [-0.2, -0.15) is 5.48 Å². The number of carbonyl (C=O) groups is 2. The molecule has 2 rings (SSSR count). The van der Waals surface area contributed by atoms with E-state index < -0.39 is 0 Å². The van der Waals surface area contributed by atoms with Gasteiger partial charge in [0.15, 0.2) is 5.75 Å². The second kappa shape index (κ2) is 18.4. The molecule has 0 atom stereocenters. The van der Waals surface area contributed by atoms with Gasteiger partial charge in [-0.3, -0.25) is 9.59 Å². The molecule has 0 aromatic heterocycles. The molecular weight excluding hydrogens is 410 g/mol. The Bertz CT molecular complexity index is 815. The zero-order valence-electron chi connectivity index (χ0n) is 21.8. The molecule has 2 aromatic carbocycles. The number of nitrogens with one attached hydrogen (secondary N) is 1. The Morgan fingerprint density at radius 3 is 1.64 bits per heavy atom. The van der Waals surface area contributed by atoms with Crippen LogP contribution in [0.15, 0.2) is 72.8 Å². The molecule has 0 spiro atoms. The summed E-state index contributed by atoms with van der Waals surface area (Å²) in [5, 5.41) is 0. The van der Waals surface area contributed by atoms with Gasteiger partial charge in [-0.1, -0.05) is 89.6 Å². The highest BCUT2D eigenvalue weighted by atomic mass is 16.6. The number of benzene rings is 2. The summed E-state index contributed by atoms with van der Waals surface area (Å²) in [6.45, 7) is 23.1. The normalized spacial score (nSPS) is 9.33. The molecule has 0 saturated heterocycles. The fourth-order valence-electron chi connectivity index (χ4n) is 2.58. The number of amides is 1. The van der Waals surface area contributed by atoms with E-state index in [0.29, 0.717) is 17.7 Å². The minimum absolute atomic E-state index is 0.0820. The first-order chi connectivity index (χ1) is 15.6. The quantitative estimate of drug-likeness (QED) is 0.196. The maximum Gasteiger partial charge on any atom is 0.239 e. The van der Waals surface area contributed by atoms with Gasteiger partial charge in [0.25, 0.3) is 0 Å². The Kier molecular flexibility index (Phi) is 17.9. The van der Waals surface area contributed by atoms with Crippen LogP contribution in [0, 0.1) is 0 Å². The van der Waals surface area contributed by atoms with Crippen molar-refractivity contribution in [1.82, 2.24) is 5.48 Å². The zero-order valence-corrected chi connectivity index (χ0v) is 21.8. The summed E-state index contributed by atoms with van der Waals surface area (Å²) >= 11 is 0. The number of hydroxylamine groups is 1. The van der Waals surface area contributed by atoms with E-state index in [1.165, 1.54) is 28.7 Å². The van der Waals surface area contributed by atoms with Crippen molar-refractivity contribution in [1.29, 1.82) is 0 Å². The van der Waals surface area contributed by atoms with Crippen LogP contribution in [0.5, 0.6) is 5.75 Å². The highest BCUT2D eigenvalue weighted by Crippen LogP contribution is 2.32. The standard InChI is InChI=1S/C19H23NO2.C4H6O.C4H8.C2H6/c1-4-5-15-6-8-16(9-7-15)19(2,3)17-10-12-18(13-11-17)22-20-14-21;1-4(2)3-5;1-4(2)3;1-2/h6-14H,4-5H2,1-3H3,(H,20,21);3H,1H2,2H3;1H2,2-3H3;1-2H3. The Balaban J connectivity index is 0. The lowest BCUT2D eigenvalue weighted by Crippen LogP contribution is -2.19.